The molecule has 2 rings (SSSR count). The summed E-state index contributed by atoms with van der Waals surface area (Å²) in [5.74, 6) is 0. The molecular formula is C14H17BrN2S. The van der Waals surface area contributed by atoms with Crippen LogP contribution in [0.1, 0.15) is 24.4 Å². The first-order chi connectivity index (χ1) is 8.44. The van der Waals surface area contributed by atoms with Crippen LogP contribution in [0.4, 0.5) is 0 Å². The maximum atomic E-state index is 4.76. The minimum Gasteiger partial charge on any atom is -0.309 e. The highest BCUT2D eigenvalue weighted by Crippen LogP contribution is 2.31. The summed E-state index contributed by atoms with van der Waals surface area (Å²) in [7, 11) is 1.96. The van der Waals surface area contributed by atoms with Crippen LogP contribution < -0.4 is 5.32 Å². The second-order valence-electron chi connectivity index (χ2n) is 4.87. The molecule has 4 heteroatoms. The topological polar surface area (TPSA) is 24.9 Å². The third-order valence-electron chi connectivity index (χ3n) is 3.14. The summed E-state index contributed by atoms with van der Waals surface area (Å²) in [6.45, 7) is 6.40. The normalized spacial score (nSPS) is 11.8. The van der Waals surface area contributed by atoms with Gasteiger partial charge in [-0.2, -0.15) is 0 Å². The molecule has 0 saturated carbocycles. The molecule has 1 N–H and O–H groups in total. The third-order valence-corrected chi connectivity index (χ3v) is 4.80. The van der Waals surface area contributed by atoms with Crippen LogP contribution in [0.3, 0.4) is 0 Å². The van der Waals surface area contributed by atoms with E-state index in [9.17, 15) is 0 Å². The van der Waals surface area contributed by atoms with Crippen molar-refractivity contribution in [3.8, 4) is 11.3 Å². The summed E-state index contributed by atoms with van der Waals surface area (Å²) < 4.78 is 1.09. The number of nitrogens with zero attached hydrogens (tertiary/aromatic N) is 1. The van der Waals surface area contributed by atoms with Gasteiger partial charge in [0.25, 0.3) is 0 Å². The van der Waals surface area contributed by atoms with Crippen molar-refractivity contribution in [2.75, 3.05) is 7.05 Å². The number of nitrogens with one attached hydrogen (secondary N) is 1. The molecule has 1 aromatic carbocycles. The lowest BCUT2D eigenvalue weighted by atomic mass is 10.1. The summed E-state index contributed by atoms with van der Waals surface area (Å²) in [6, 6.07) is 6.30. The Labute approximate surface area is 121 Å². The average Bonchev–Trinajstić information content (AvgIpc) is 2.82. The zero-order valence-corrected chi connectivity index (χ0v) is 13.4. The number of thiazole rings is 1. The number of rotatable bonds is 3. The van der Waals surface area contributed by atoms with Gasteiger partial charge in [0.15, 0.2) is 0 Å². The zero-order chi connectivity index (χ0) is 13.3. The minimum atomic E-state index is -0.0805. The van der Waals surface area contributed by atoms with Crippen molar-refractivity contribution in [2.24, 2.45) is 0 Å². The van der Waals surface area contributed by atoms with Crippen molar-refractivity contribution in [1.82, 2.24) is 10.3 Å². The first kappa shape index (κ1) is 13.7. The fraction of sp³-hybridized carbons (Fsp3) is 0.357. The summed E-state index contributed by atoms with van der Waals surface area (Å²) in [5, 5.41) is 6.53. The van der Waals surface area contributed by atoms with E-state index in [2.05, 4.69) is 65.6 Å². The second kappa shape index (κ2) is 5.11. The molecule has 1 heterocycles. The number of aryl methyl sites for hydroxylation is 1. The predicted molar refractivity (Wildman–Crippen MR) is 82.1 cm³/mol. The molecule has 0 amide bonds. The predicted octanol–water partition coefficient (Wildman–Crippen LogP) is 4.34. The zero-order valence-electron chi connectivity index (χ0n) is 11.0. The van der Waals surface area contributed by atoms with E-state index in [0.29, 0.717) is 0 Å². The minimum absolute atomic E-state index is 0.0805. The standard InChI is InChI=1S/C14H17BrN2S/c1-9-5-6-10(15)7-11(9)12-8-18-13(17-12)14(2,3)16-4/h5-8,16H,1-4H3. The van der Waals surface area contributed by atoms with Gasteiger partial charge in [-0.15, -0.1) is 11.3 Å². The Morgan fingerprint density at radius 2 is 2.06 bits per heavy atom. The van der Waals surface area contributed by atoms with Gasteiger partial charge < -0.3 is 5.32 Å². The molecule has 96 valence electrons. The van der Waals surface area contributed by atoms with Gasteiger partial charge in [0.05, 0.1) is 11.2 Å². The monoisotopic (exact) mass is 324 g/mol. The first-order valence-corrected chi connectivity index (χ1v) is 7.53. The van der Waals surface area contributed by atoms with Crippen molar-refractivity contribution in [3.05, 3.63) is 38.6 Å². The molecule has 2 nitrogen and oxygen atoms in total. The maximum absolute atomic E-state index is 4.76. The van der Waals surface area contributed by atoms with Gasteiger partial charge in [-0.1, -0.05) is 22.0 Å². The van der Waals surface area contributed by atoms with Crippen LogP contribution in [0.2, 0.25) is 0 Å². The van der Waals surface area contributed by atoms with Crippen molar-refractivity contribution < 1.29 is 0 Å². The largest absolute Gasteiger partial charge is 0.309 e. The third kappa shape index (κ3) is 2.66. The Kier molecular flexibility index (Phi) is 3.90. The molecule has 18 heavy (non-hydrogen) atoms. The van der Waals surface area contributed by atoms with Gasteiger partial charge in [0, 0.05) is 15.4 Å². The van der Waals surface area contributed by atoms with Crippen LogP contribution in [-0.2, 0) is 5.54 Å². The average molecular weight is 325 g/mol. The summed E-state index contributed by atoms with van der Waals surface area (Å²) in [4.78, 5) is 4.76. The Morgan fingerprint density at radius 3 is 2.72 bits per heavy atom. The van der Waals surface area contributed by atoms with Crippen LogP contribution in [-0.4, -0.2) is 12.0 Å². The number of aromatic nitrogens is 1. The number of hydrogen-bond donors (Lipinski definition) is 1. The molecule has 0 aliphatic heterocycles. The van der Waals surface area contributed by atoms with Crippen LogP contribution in [0.15, 0.2) is 28.1 Å². The SMILES string of the molecule is CNC(C)(C)c1nc(-c2cc(Br)ccc2C)cs1. The molecular weight excluding hydrogens is 308 g/mol. The highest BCUT2D eigenvalue weighted by atomic mass is 79.9. The number of benzene rings is 1. The molecule has 0 spiro atoms. The maximum Gasteiger partial charge on any atom is 0.113 e. The molecule has 0 aliphatic rings. The van der Waals surface area contributed by atoms with Gasteiger partial charge in [-0.25, -0.2) is 4.98 Å². The fourth-order valence-electron chi connectivity index (χ4n) is 1.66. The lowest BCUT2D eigenvalue weighted by Crippen LogP contribution is -2.32. The van der Waals surface area contributed by atoms with Crippen molar-refractivity contribution in [2.45, 2.75) is 26.3 Å². The van der Waals surface area contributed by atoms with Gasteiger partial charge in [0.1, 0.15) is 5.01 Å². The quantitative estimate of drug-likeness (QED) is 0.908. The molecule has 0 radical (unpaired) electrons. The number of hydrogen-bond acceptors (Lipinski definition) is 3. The van der Waals surface area contributed by atoms with E-state index in [0.717, 1.165) is 15.2 Å². The van der Waals surface area contributed by atoms with Gasteiger partial charge in [0.2, 0.25) is 0 Å². The van der Waals surface area contributed by atoms with Crippen LogP contribution in [0, 0.1) is 6.92 Å². The molecule has 0 saturated heterocycles. The van der Waals surface area contributed by atoms with Gasteiger partial charge in [-0.3, -0.25) is 0 Å². The Morgan fingerprint density at radius 1 is 1.33 bits per heavy atom. The summed E-state index contributed by atoms with van der Waals surface area (Å²) >= 11 is 5.22. The first-order valence-electron chi connectivity index (χ1n) is 5.85. The molecule has 1 aromatic heterocycles. The van der Waals surface area contributed by atoms with E-state index in [1.165, 1.54) is 11.1 Å². The smallest absolute Gasteiger partial charge is 0.113 e. The highest BCUT2D eigenvalue weighted by molar-refractivity contribution is 9.10. The molecule has 0 aliphatic carbocycles. The lowest BCUT2D eigenvalue weighted by Gasteiger charge is -2.20. The van der Waals surface area contributed by atoms with E-state index in [4.69, 9.17) is 4.98 Å². The summed E-state index contributed by atoms with van der Waals surface area (Å²) in [5.41, 5.74) is 3.41. The van der Waals surface area contributed by atoms with Gasteiger partial charge >= 0.3 is 0 Å². The number of halogens is 1. The van der Waals surface area contributed by atoms with Gasteiger partial charge in [-0.05, 0) is 45.5 Å². The highest BCUT2D eigenvalue weighted by Gasteiger charge is 2.22. The van der Waals surface area contributed by atoms with E-state index >= 15 is 0 Å². The van der Waals surface area contributed by atoms with Crippen LogP contribution in [0.5, 0.6) is 0 Å². The van der Waals surface area contributed by atoms with Crippen molar-refractivity contribution >= 4 is 27.3 Å². The molecule has 2 aromatic rings. The Bertz CT molecular complexity index is 561. The lowest BCUT2D eigenvalue weighted by molar-refractivity contribution is 0.442. The Balaban J connectivity index is 2.44. The van der Waals surface area contributed by atoms with E-state index < -0.39 is 0 Å². The van der Waals surface area contributed by atoms with E-state index in [1.54, 1.807) is 11.3 Å². The molecule has 0 unspecified atom stereocenters. The Hall–Kier alpha value is -0.710. The summed E-state index contributed by atoms with van der Waals surface area (Å²) in [6.07, 6.45) is 0. The second-order valence-corrected chi connectivity index (χ2v) is 6.65. The van der Waals surface area contributed by atoms with Crippen molar-refractivity contribution in [3.63, 3.8) is 0 Å². The van der Waals surface area contributed by atoms with Crippen molar-refractivity contribution in [1.29, 1.82) is 0 Å². The molecule has 0 bridgehead atoms. The molecule has 0 atom stereocenters. The van der Waals surface area contributed by atoms with Crippen LogP contribution >= 0.6 is 27.3 Å². The van der Waals surface area contributed by atoms with E-state index in [1.807, 2.05) is 7.05 Å². The fourth-order valence-corrected chi connectivity index (χ4v) is 2.97. The van der Waals surface area contributed by atoms with E-state index in [-0.39, 0.29) is 5.54 Å². The molecule has 0 fully saturated rings. The van der Waals surface area contributed by atoms with Crippen LogP contribution in [0.25, 0.3) is 11.3 Å².